The summed E-state index contributed by atoms with van der Waals surface area (Å²) in [7, 11) is 0. The number of aryl methyl sites for hydroxylation is 1. The average Bonchev–Trinajstić information content (AvgIpc) is 3.03. The number of aliphatic hydroxyl groups is 1. The lowest BCUT2D eigenvalue weighted by molar-refractivity contribution is -0.128. The zero-order chi connectivity index (χ0) is 17.7. The predicted octanol–water partition coefficient (Wildman–Crippen LogP) is -3.32. The highest BCUT2D eigenvalue weighted by Crippen LogP contribution is 1.89. The summed E-state index contributed by atoms with van der Waals surface area (Å²) >= 11 is 0. The van der Waals surface area contributed by atoms with Gasteiger partial charge < -0.3 is 10.4 Å². The monoisotopic (exact) mass is 337 g/mol. The van der Waals surface area contributed by atoms with Gasteiger partial charge in [0.25, 0.3) is 11.5 Å². The fourth-order valence-electron chi connectivity index (χ4n) is 1.79. The highest BCUT2D eigenvalue weighted by Gasteiger charge is 2.20. The summed E-state index contributed by atoms with van der Waals surface area (Å²) < 4.78 is 2.13. The van der Waals surface area contributed by atoms with Crippen molar-refractivity contribution in [2.45, 2.75) is 19.5 Å². The van der Waals surface area contributed by atoms with Crippen molar-refractivity contribution in [2.24, 2.45) is 0 Å². The van der Waals surface area contributed by atoms with Crippen LogP contribution >= 0.6 is 0 Å². The number of carbonyl (C=O) groups excluding carboxylic acids is 2. The fraction of sp³-hybridized carbons (Fsp3) is 0.333. The second-order valence-corrected chi connectivity index (χ2v) is 4.85. The van der Waals surface area contributed by atoms with E-state index in [9.17, 15) is 24.3 Å². The molecule has 0 spiro atoms. The molecule has 0 aliphatic rings. The molecule has 0 unspecified atom stereocenters. The molecule has 2 aromatic heterocycles. The van der Waals surface area contributed by atoms with Crippen molar-refractivity contribution in [3.63, 3.8) is 0 Å². The quantitative estimate of drug-likeness (QED) is 0.428. The van der Waals surface area contributed by atoms with Crippen molar-refractivity contribution in [3.8, 4) is 0 Å². The Hall–Kier alpha value is -3.28. The maximum Gasteiger partial charge on any atom is 0.328 e. The van der Waals surface area contributed by atoms with E-state index in [4.69, 9.17) is 0 Å². The molecule has 2 heterocycles. The van der Waals surface area contributed by atoms with Gasteiger partial charge in [0.15, 0.2) is 0 Å². The summed E-state index contributed by atoms with van der Waals surface area (Å²) in [5.74, 6) is -1.39. The van der Waals surface area contributed by atoms with E-state index in [-0.39, 0.29) is 5.56 Å². The number of nitrogens with zero attached hydrogens (tertiary/aromatic N) is 4. The second kappa shape index (κ2) is 7.32. The third kappa shape index (κ3) is 4.13. The highest BCUT2D eigenvalue weighted by molar-refractivity contribution is 5.92. The Bertz CT molecular complexity index is 838. The van der Waals surface area contributed by atoms with E-state index < -0.39 is 42.3 Å². The Morgan fingerprint density at radius 3 is 2.62 bits per heavy atom. The van der Waals surface area contributed by atoms with Gasteiger partial charge in [0.05, 0.1) is 6.61 Å². The first-order valence-electron chi connectivity index (χ1n) is 6.76. The van der Waals surface area contributed by atoms with Crippen LogP contribution < -0.4 is 22.0 Å². The van der Waals surface area contributed by atoms with Gasteiger partial charge in [-0.3, -0.25) is 29.4 Å². The number of aromatic amines is 1. The van der Waals surface area contributed by atoms with Gasteiger partial charge in [-0.25, -0.2) is 9.47 Å². The van der Waals surface area contributed by atoms with Gasteiger partial charge >= 0.3 is 5.69 Å². The van der Waals surface area contributed by atoms with Crippen LogP contribution in [0.15, 0.2) is 28.4 Å². The summed E-state index contributed by atoms with van der Waals surface area (Å²) in [5.41, 5.74) is 1.29. The maximum atomic E-state index is 12.0. The van der Waals surface area contributed by atoms with Gasteiger partial charge in [0.1, 0.15) is 25.2 Å². The highest BCUT2D eigenvalue weighted by atomic mass is 16.3. The minimum absolute atomic E-state index is 0.256. The fourth-order valence-corrected chi connectivity index (χ4v) is 1.79. The Morgan fingerprint density at radius 1 is 1.33 bits per heavy atom. The van der Waals surface area contributed by atoms with E-state index in [0.717, 1.165) is 9.24 Å². The van der Waals surface area contributed by atoms with E-state index in [1.54, 1.807) is 0 Å². The van der Waals surface area contributed by atoms with Crippen molar-refractivity contribution in [2.75, 3.05) is 12.0 Å². The third-order valence-corrected chi connectivity index (χ3v) is 3.00. The molecule has 0 saturated heterocycles. The van der Waals surface area contributed by atoms with Gasteiger partial charge in [0, 0.05) is 11.8 Å². The molecule has 2 amide bonds. The van der Waals surface area contributed by atoms with Crippen LogP contribution in [-0.4, -0.2) is 54.0 Å². The summed E-state index contributed by atoms with van der Waals surface area (Å²) in [6.07, 6.45) is 3.67. The molecule has 12 heteroatoms. The SMILES string of the molecule is Cc1cn(CC(=O)N[C@@H](CO)C(=O)Nn2cnnc2)c(=O)[nH]c1=O. The number of aromatic nitrogens is 5. The van der Waals surface area contributed by atoms with Crippen LogP contribution in [0.25, 0.3) is 0 Å². The lowest BCUT2D eigenvalue weighted by Gasteiger charge is -2.16. The number of hydrogen-bond donors (Lipinski definition) is 4. The predicted molar refractivity (Wildman–Crippen MR) is 79.5 cm³/mol. The number of amides is 2. The average molecular weight is 337 g/mol. The molecule has 0 bridgehead atoms. The summed E-state index contributed by atoms with van der Waals surface area (Å²) in [4.78, 5) is 48.8. The van der Waals surface area contributed by atoms with Crippen molar-refractivity contribution in [3.05, 3.63) is 45.3 Å². The minimum Gasteiger partial charge on any atom is -0.394 e. The molecule has 24 heavy (non-hydrogen) atoms. The topological polar surface area (TPSA) is 164 Å². The Morgan fingerprint density at radius 2 is 2.00 bits per heavy atom. The normalized spacial score (nSPS) is 11.8. The number of carbonyl (C=O) groups is 2. The van der Waals surface area contributed by atoms with E-state index in [1.807, 2.05) is 0 Å². The molecule has 2 rings (SSSR count). The Kier molecular flexibility index (Phi) is 5.21. The first kappa shape index (κ1) is 17.1. The molecule has 0 aliphatic carbocycles. The molecule has 1 atom stereocenters. The van der Waals surface area contributed by atoms with Crippen LogP contribution in [0.2, 0.25) is 0 Å². The molecule has 0 aliphatic heterocycles. The molecular weight excluding hydrogens is 322 g/mol. The van der Waals surface area contributed by atoms with E-state index in [2.05, 4.69) is 25.9 Å². The standard InChI is InChI=1S/C12H15N7O5/c1-7-2-18(12(24)16-10(7)22)3-9(21)15-8(4-20)11(23)17-19-5-13-14-6-19/h2,5-6,8,20H,3-4H2,1H3,(H,15,21)(H,17,23)(H,16,22,24)/t8-/m0/s1. The molecule has 0 fully saturated rings. The lowest BCUT2D eigenvalue weighted by atomic mass is 10.3. The molecule has 0 radical (unpaired) electrons. The molecule has 0 aromatic carbocycles. The second-order valence-electron chi connectivity index (χ2n) is 4.85. The van der Waals surface area contributed by atoms with E-state index in [0.29, 0.717) is 0 Å². The van der Waals surface area contributed by atoms with Crippen LogP contribution in [0.1, 0.15) is 5.56 Å². The van der Waals surface area contributed by atoms with Crippen LogP contribution in [0.5, 0.6) is 0 Å². The first-order chi connectivity index (χ1) is 11.4. The van der Waals surface area contributed by atoms with Crippen LogP contribution in [0.4, 0.5) is 0 Å². The van der Waals surface area contributed by atoms with Crippen molar-refractivity contribution in [1.82, 2.24) is 29.7 Å². The van der Waals surface area contributed by atoms with Crippen LogP contribution in [0, 0.1) is 6.92 Å². The van der Waals surface area contributed by atoms with E-state index >= 15 is 0 Å². The number of rotatable bonds is 6. The zero-order valence-corrected chi connectivity index (χ0v) is 12.6. The van der Waals surface area contributed by atoms with Gasteiger partial charge in [-0.15, -0.1) is 10.2 Å². The smallest absolute Gasteiger partial charge is 0.328 e. The summed E-state index contributed by atoms with van der Waals surface area (Å²) in [5, 5.41) is 18.5. The zero-order valence-electron chi connectivity index (χ0n) is 12.6. The third-order valence-electron chi connectivity index (χ3n) is 3.00. The number of nitrogens with one attached hydrogen (secondary N) is 3. The van der Waals surface area contributed by atoms with Crippen molar-refractivity contribution in [1.29, 1.82) is 0 Å². The molecule has 2 aromatic rings. The molecule has 12 nitrogen and oxygen atoms in total. The van der Waals surface area contributed by atoms with Crippen LogP contribution in [0.3, 0.4) is 0 Å². The van der Waals surface area contributed by atoms with Gasteiger partial charge in [-0.2, -0.15) is 0 Å². The Labute approximate surface area is 134 Å². The number of aliphatic hydroxyl groups excluding tert-OH is 1. The summed E-state index contributed by atoms with van der Waals surface area (Å²) in [6, 6.07) is -1.24. The van der Waals surface area contributed by atoms with Gasteiger partial charge in [-0.05, 0) is 6.92 Å². The molecule has 128 valence electrons. The van der Waals surface area contributed by atoms with Crippen molar-refractivity contribution < 1.29 is 14.7 Å². The van der Waals surface area contributed by atoms with Crippen LogP contribution in [-0.2, 0) is 16.1 Å². The largest absolute Gasteiger partial charge is 0.394 e. The molecule has 4 N–H and O–H groups in total. The number of H-pyrrole nitrogens is 1. The Balaban J connectivity index is 2.02. The number of hydrogen-bond acceptors (Lipinski definition) is 7. The van der Waals surface area contributed by atoms with Gasteiger partial charge in [0.2, 0.25) is 5.91 Å². The molecule has 0 saturated carbocycles. The van der Waals surface area contributed by atoms with Crippen molar-refractivity contribution >= 4 is 11.8 Å². The van der Waals surface area contributed by atoms with E-state index in [1.165, 1.54) is 25.8 Å². The first-order valence-corrected chi connectivity index (χ1v) is 6.76. The maximum absolute atomic E-state index is 12.0. The lowest BCUT2D eigenvalue weighted by Crippen LogP contribution is -2.49. The summed E-state index contributed by atoms with van der Waals surface area (Å²) in [6.45, 7) is 0.405. The minimum atomic E-state index is -1.24. The molecular formula is C12H15N7O5. The van der Waals surface area contributed by atoms with Gasteiger partial charge in [-0.1, -0.05) is 0 Å².